The minimum Gasteiger partial charge on any atom is -0.362 e. The highest BCUT2D eigenvalue weighted by atomic mass is 35.5. The van der Waals surface area contributed by atoms with Gasteiger partial charge in [0.15, 0.2) is 0 Å². The van der Waals surface area contributed by atoms with Gasteiger partial charge in [0.2, 0.25) is 0 Å². The van der Waals surface area contributed by atoms with Crippen LogP contribution in [0.25, 0.3) is 0 Å². The Labute approximate surface area is 93.6 Å². The summed E-state index contributed by atoms with van der Waals surface area (Å²) in [5.74, 6) is 1.36. The van der Waals surface area contributed by atoms with Gasteiger partial charge in [-0.1, -0.05) is 11.6 Å². The molecule has 14 heavy (non-hydrogen) atoms. The summed E-state index contributed by atoms with van der Waals surface area (Å²) in [4.78, 5) is 4.19. The molecule has 2 rings (SSSR count). The smallest absolute Gasteiger partial charge is 0.145 e. The molecule has 0 aromatic carbocycles. The molecule has 0 bridgehead atoms. The summed E-state index contributed by atoms with van der Waals surface area (Å²) in [6.07, 6.45) is 5.16. The Balaban J connectivity index is 2.13. The third-order valence-corrected chi connectivity index (χ3v) is 3.53. The van der Waals surface area contributed by atoms with Crippen molar-refractivity contribution in [2.45, 2.75) is 24.8 Å². The second kappa shape index (κ2) is 3.95. The van der Waals surface area contributed by atoms with E-state index in [1.165, 1.54) is 6.42 Å². The highest BCUT2D eigenvalue weighted by Gasteiger charge is 2.36. The molecule has 1 aromatic rings. The molecule has 4 heteroatoms. The summed E-state index contributed by atoms with van der Waals surface area (Å²) in [6, 6.07) is 3.65. The van der Waals surface area contributed by atoms with E-state index in [0.29, 0.717) is 10.9 Å². The third kappa shape index (κ3) is 1.82. The number of nitrogens with zero attached hydrogens (tertiary/aromatic N) is 1. The second-order valence-corrected chi connectivity index (χ2v) is 4.40. The molecule has 0 saturated heterocycles. The lowest BCUT2D eigenvalue weighted by atomic mass is 9.78. The number of hydrogen-bond donors (Lipinski definition) is 1. The van der Waals surface area contributed by atoms with E-state index in [2.05, 4.69) is 10.3 Å². The van der Waals surface area contributed by atoms with Crippen LogP contribution < -0.4 is 5.32 Å². The number of anilines is 1. The molecule has 0 aliphatic heterocycles. The maximum absolute atomic E-state index is 6.00. The zero-order valence-electron chi connectivity index (χ0n) is 7.76. The van der Waals surface area contributed by atoms with E-state index >= 15 is 0 Å². The van der Waals surface area contributed by atoms with Crippen molar-refractivity contribution in [1.29, 1.82) is 0 Å². The Morgan fingerprint density at radius 3 is 2.79 bits per heavy atom. The Hall–Kier alpha value is -0.470. The van der Waals surface area contributed by atoms with Crippen LogP contribution in [0.4, 0.5) is 5.82 Å². The van der Waals surface area contributed by atoms with Crippen molar-refractivity contribution in [1.82, 2.24) is 4.98 Å². The van der Waals surface area contributed by atoms with E-state index in [4.69, 9.17) is 23.2 Å². The van der Waals surface area contributed by atoms with Gasteiger partial charge in [0.25, 0.3) is 0 Å². The highest BCUT2D eigenvalue weighted by molar-refractivity contribution is 6.32. The number of nitrogens with one attached hydrogen (secondary N) is 1. The van der Waals surface area contributed by atoms with Crippen molar-refractivity contribution < 1.29 is 0 Å². The van der Waals surface area contributed by atoms with Gasteiger partial charge in [-0.3, -0.25) is 0 Å². The van der Waals surface area contributed by atoms with Gasteiger partial charge in [0.05, 0.1) is 10.6 Å². The molecule has 0 spiro atoms. The van der Waals surface area contributed by atoms with Crippen LogP contribution in [0, 0.1) is 0 Å². The molecule has 1 fully saturated rings. The monoisotopic (exact) mass is 230 g/mol. The minimum absolute atomic E-state index is 0.0273. The molecule has 0 amide bonds. The lowest BCUT2D eigenvalue weighted by Gasteiger charge is -2.41. The molecule has 1 aromatic heterocycles. The fourth-order valence-corrected chi connectivity index (χ4v) is 2.13. The quantitative estimate of drug-likeness (QED) is 0.807. The molecule has 1 heterocycles. The molecule has 1 N–H and O–H groups in total. The molecule has 0 unspecified atom stereocenters. The van der Waals surface area contributed by atoms with Gasteiger partial charge in [-0.2, -0.15) is 0 Å². The first-order chi connectivity index (χ1) is 6.76. The average molecular weight is 231 g/mol. The SMILES string of the molecule is ClCC1(Nc2ncccc2Cl)CCC1. The number of halogens is 2. The van der Waals surface area contributed by atoms with Gasteiger partial charge in [-0.15, -0.1) is 11.6 Å². The summed E-state index contributed by atoms with van der Waals surface area (Å²) in [5, 5.41) is 3.99. The number of rotatable bonds is 3. The molecule has 1 saturated carbocycles. The van der Waals surface area contributed by atoms with E-state index in [-0.39, 0.29) is 5.54 Å². The van der Waals surface area contributed by atoms with Crippen LogP contribution in [0.1, 0.15) is 19.3 Å². The Morgan fingerprint density at radius 2 is 2.29 bits per heavy atom. The lowest BCUT2D eigenvalue weighted by molar-refractivity contribution is 0.310. The predicted molar refractivity (Wildman–Crippen MR) is 60.2 cm³/mol. The van der Waals surface area contributed by atoms with Crippen molar-refractivity contribution >= 4 is 29.0 Å². The summed E-state index contributed by atoms with van der Waals surface area (Å²) >= 11 is 11.9. The summed E-state index contributed by atoms with van der Waals surface area (Å²) in [7, 11) is 0. The predicted octanol–water partition coefficient (Wildman–Crippen LogP) is 3.31. The van der Waals surface area contributed by atoms with Crippen molar-refractivity contribution in [3.63, 3.8) is 0 Å². The van der Waals surface area contributed by atoms with Crippen LogP contribution in [0.15, 0.2) is 18.3 Å². The largest absolute Gasteiger partial charge is 0.362 e. The van der Waals surface area contributed by atoms with E-state index in [1.54, 1.807) is 6.20 Å². The fraction of sp³-hybridized carbons (Fsp3) is 0.500. The summed E-state index contributed by atoms with van der Waals surface area (Å²) < 4.78 is 0. The van der Waals surface area contributed by atoms with E-state index in [1.807, 2.05) is 12.1 Å². The van der Waals surface area contributed by atoms with Crippen LogP contribution in [0.3, 0.4) is 0 Å². The number of hydrogen-bond acceptors (Lipinski definition) is 2. The first-order valence-electron chi connectivity index (χ1n) is 4.70. The third-order valence-electron chi connectivity index (χ3n) is 2.71. The van der Waals surface area contributed by atoms with Crippen LogP contribution in [-0.4, -0.2) is 16.4 Å². The molecular weight excluding hydrogens is 219 g/mol. The molecule has 2 nitrogen and oxygen atoms in total. The molecule has 1 aliphatic rings. The van der Waals surface area contributed by atoms with E-state index in [9.17, 15) is 0 Å². The first-order valence-corrected chi connectivity index (χ1v) is 5.62. The zero-order valence-corrected chi connectivity index (χ0v) is 9.28. The average Bonchev–Trinajstić information content (AvgIpc) is 2.14. The van der Waals surface area contributed by atoms with Gasteiger partial charge >= 0.3 is 0 Å². The maximum atomic E-state index is 6.00. The van der Waals surface area contributed by atoms with Gasteiger partial charge in [0, 0.05) is 12.1 Å². The summed E-state index contributed by atoms with van der Waals surface area (Å²) in [6.45, 7) is 0. The maximum Gasteiger partial charge on any atom is 0.145 e. The van der Waals surface area contributed by atoms with Crippen molar-refractivity contribution in [2.75, 3.05) is 11.2 Å². The topological polar surface area (TPSA) is 24.9 Å². The van der Waals surface area contributed by atoms with Crippen molar-refractivity contribution in [2.24, 2.45) is 0 Å². The summed E-state index contributed by atoms with van der Waals surface area (Å²) in [5.41, 5.74) is 0.0273. The lowest BCUT2D eigenvalue weighted by Crippen LogP contribution is -2.47. The van der Waals surface area contributed by atoms with Gasteiger partial charge in [-0.05, 0) is 31.4 Å². The van der Waals surface area contributed by atoms with E-state index < -0.39 is 0 Å². The van der Waals surface area contributed by atoms with Crippen molar-refractivity contribution in [3.05, 3.63) is 23.4 Å². The van der Waals surface area contributed by atoms with Crippen LogP contribution in [0.5, 0.6) is 0 Å². The van der Waals surface area contributed by atoms with Crippen LogP contribution in [-0.2, 0) is 0 Å². The molecule has 76 valence electrons. The molecular formula is C10H12Cl2N2. The second-order valence-electron chi connectivity index (χ2n) is 3.73. The number of aromatic nitrogens is 1. The van der Waals surface area contributed by atoms with Crippen LogP contribution in [0.2, 0.25) is 5.02 Å². The standard InChI is InChI=1S/C10H12Cl2N2/c11-7-10(4-2-5-10)14-9-8(12)3-1-6-13-9/h1,3,6H,2,4-5,7H2,(H,13,14). The number of pyridine rings is 1. The Morgan fingerprint density at radius 1 is 1.50 bits per heavy atom. The molecule has 0 atom stereocenters. The Bertz CT molecular complexity index is 318. The zero-order chi connectivity index (χ0) is 10.0. The molecule has 1 aliphatic carbocycles. The Kier molecular flexibility index (Phi) is 2.84. The highest BCUT2D eigenvalue weighted by Crippen LogP contribution is 2.37. The fourth-order valence-electron chi connectivity index (χ4n) is 1.62. The van der Waals surface area contributed by atoms with Gasteiger partial charge in [0.1, 0.15) is 5.82 Å². The van der Waals surface area contributed by atoms with Gasteiger partial charge in [-0.25, -0.2) is 4.98 Å². The van der Waals surface area contributed by atoms with Gasteiger partial charge < -0.3 is 5.32 Å². The number of alkyl halides is 1. The first kappa shape index (κ1) is 10.1. The van der Waals surface area contributed by atoms with Crippen molar-refractivity contribution in [3.8, 4) is 0 Å². The normalized spacial score (nSPS) is 18.7. The molecule has 0 radical (unpaired) electrons. The van der Waals surface area contributed by atoms with Crippen LogP contribution >= 0.6 is 23.2 Å². The minimum atomic E-state index is 0.0273. The van der Waals surface area contributed by atoms with E-state index in [0.717, 1.165) is 18.7 Å².